The second-order valence-electron chi connectivity index (χ2n) is 5.73. The van der Waals surface area contributed by atoms with Gasteiger partial charge in [-0.05, 0) is 32.1 Å². The summed E-state index contributed by atoms with van der Waals surface area (Å²) in [5.41, 5.74) is 0.0161. The molecule has 0 aliphatic rings. The van der Waals surface area contributed by atoms with Gasteiger partial charge in [0.15, 0.2) is 0 Å². The van der Waals surface area contributed by atoms with Gasteiger partial charge in [-0.3, -0.25) is 0 Å². The largest absolute Gasteiger partial charge is 0.393 e. The van der Waals surface area contributed by atoms with Crippen LogP contribution in [0, 0.1) is 5.41 Å². The smallest absolute Gasteiger partial charge is 0.211 e. The van der Waals surface area contributed by atoms with E-state index in [-0.39, 0.29) is 17.2 Å². The predicted molar refractivity (Wildman–Crippen MR) is 66.8 cm³/mol. The topological polar surface area (TPSA) is 66.4 Å². The summed E-state index contributed by atoms with van der Waals surface area (Å²) in [6.07, 6.45) is 0.582. The monoisotopic (exact) mass is 251 g/mol. The Labute approximate surface area is 99.5 Å². The lowest BCUT2D eigenvalue weighted by Gasteiger charge is -2.20. The summed E-state index contributed by atoms with van der Waals surface area (Å²) in [7, 11) is -3.22. The van der Waals surface area contributed by atoms with Gasteiger partial charge >= 0.3 is 0 Å². The Morgan fingerprint density at radius 3 is 2.12 bits per heavy atom. The Kier molecular flexibility index (Phi) is 5.93. The van der Waals surface area contributed by atoms with E-state index < -0.39 is 16.1 Å². The molecule has 0 aromatic carbocycles. The van der Waals surface area contributed by atoms with Crippen LogP contribution >= 0.6 is 0 Å². The number of hydrogen-bond donors (Lipinski definition) is 2. The molecule has 0 fully saturated rings. The van der Waals surface area contributed by atoms with Crippen molar-refractivity contribution in [2.24, 2.45) is 5.41 Å². The van der Waals surface area contributed by atoms with Crippen LogP contribution in [0.3, 0.4) is 0 Å². The van der Waals surface area contributed by atoms with Crippen molar-refractivity contribution in [2.45, 2.75) is 59.6 Å². The molecule has 2 N–H and O–H groups in total. The van der Waals surface area contributed by atoms with Gasteiger partial charge in [-0.25, -0.2) is 13.1 Å². The lowest BCUT2D eigenvalue weighted by atomic mass is 9.94. The van der Waals surface area contributed by atoms with Crippen LogP contribution in [0.4, 0.5) is 0 Å². The van der Waals surface area contributed by atoms with Crippen LogP contribution in [0.5, 0.6) is 0 Å². The molecule has 0 saturated carbocycles. The molecule has 2 unspecified atom stereocenters. The van der Waals surface area contributed by atoms with Crippen LogP contribution in [-0.4, -0.2) is 31.4 Å². The fourth-order valence-corrected chi connectivity index (χ4v) is 3.07. The van der Waals surface area contributed by atoms with Gasteiger partial charge in [0.1, 0.15) is 0 Å². The predicted octanol–water partition coefficient (Wildman–Crippen LogP) is 1.50. The molecule has 0 aliphatic heterocycles. The van der Waals surface area contributed by atoms with Crippen molar-refractivity contribution < 1.29 is 13.5 Å². The van der Waals surface area contributed by atoms with Gasteiger partial charge in [-0.1, -0.05) is 20.8 Å². The molecule has 0 aromatic heterocycles. The Hall–Kier alpha value is -0.130. The second-order valence-corrected chi connectivity index (χ2v) is 7.61. The summed E-state index contributed by atoms with van der Waals surface area (Å²) in [6, 6.07) is -0.218. The van der Waals surface area contributed by atoms with Gasteiger partial charge in [0.2, 0.25) is 10.0 Å². The summed E-state index contributed by atoms with van der Waals surface area (Å²) < 4.78 is 25.9. The SMILES string of the molecule is CC(O)CC(C)NS(=O)(=O)CCC(C)(C)C. The first-order valence-electron chi connectivity index (χ1n) is 5.70. The first kappa shape index (κ1) is 15.9. The molecule has 0 saturated heterocycles. The van der Waals surface area contributed by atoms with E-state index >= 15 is 0 Å². The first-order chi connectivity index (χ1) is 7.02. The lowest BCUT2D eigenvalue weighted by molar-refractivity contribution is 0.175. The van der Waals surface area contributed by atoms with Crippen LogP contribution in [0.25, 0.3) is 0 Å². The minimum Gasteiger partial charge on any atom is -0.393 e. The van der Waals surface area contributed by atoms with E-state index in [1.165, 1.54) is 0 Å². The Balaban J connectivity index is 4.15. The van der Waals surface area contributed by atoms with Crippen molar-refractivity contribution in [3.63, 3.8) is 0 Å². The quantitative estimate of drug-likeness (QED) is 0.752. The maximum absolute atomic E-state index is 11.7. The van der Waals surface area contributed by atoms with Crippen molar-refractivity contribution in [3.05, 3.63) is 0 Å². The fraction of sp³-hybridized carbons (Fsp3) is 1.00. The van der Waals surface area contributed by atoms with Crippen molar-refractivity contribution in [1.29, 1.82) is 0 Å². The molecule has 2 atom stereocenters. The number of sulfonamides is 1. The maximum atomic E-state index is 11.7. The summed E-state index contributed by atoms with van der Waals surface area (Å²) >= 11 is 0. The van der Waals surface area contributed by atoms with Crippen molar-refractivity contribution in [1.82, 2.24) is 4.72 Å². The van der Waals surface area contributed by atoms with Crippen molar-refractivity contribution >= 4 is 10.0 Å². The normalized spacial score (nSPS) is 17.1. The van der Waals surface area contributed by atoms with E-state index in [2.05, 4.69) is 4.72 Å². The van der Waals surface area contributed by atoms with Crippen molar-refractivity contribution in [2.75, 3.05) is 5.75 Å². The Bertz CT molecular complexity index is 291. The van der Waals surface area contributed by atoms with E-state index in [9.17, 15) is 8.42 Å². The molecule has 0 aromatic rings. The highest BCUT2D eigenvalue weighted by molar-refractivity contribution is 7.89. The highest BCUT2D eigenvalue weighted by atomic mass is 32.2. The lowest BCUT2D eigenvalue weighted by Crippen LogP contribution is -2.36. The summed E-state index contributed by atoms with van der Waals surface area (Å²) in [6.45, 7) is 9.46. The van der Waals surface area contributed by atoms with Gasteiger partial charge in [-0.15, -0.1) is 0 Å². The average molecular weight is 251 g/mol. The third-order valence-electron chi connectivity index (χ3n) is 2.20. The van der Waals surface area contributed by atoms with Gasteiger partial charge < -0.3 is 5.11 Å². The number of nitrogens with one attached hydrogen (secondary N) is 1. The number of aliphatic hydroxyl groups is 1. The minimum absolute atomic E-state index is 0.0161. The van der Waals surface area contributed by atoms with E-state index in [1.807, 2.05) is 20.8 Å². The summed E-state index contributed by atoms with van der Waals surface area (Å²) in [4.78, 5) is 0. The maximum Gasteiger partial charge on any atom is 0.211 e. The highest BCUT2D eigenvalue weighted by Gasteiger charge is 2.19. The Morgan fingerprint density at radius 1 is 1.25 bits per heavy atom. The van der Waals surface area contributed by atoms with E-state index in [0.717, 1.165) is 0 Å². The zero-order valence-corrected chi connectivity index (χ0v) is 11.8. The average Bonchev–Trinajstić information content (AvgIpc) is 1.96. The van der Waals surface area contributed by atoms with E-state index in [4.69, 9.17) is 5.11 Å². The molecule has 16 heavy (non-hydrogen) atoms. The van der Waals surface area contributed by atoms with Gasteiger partial charge in [0.05, 0.1) is 11.9 Å². The molecule has 98 valence electrons. The Morgan fingerprint density at radius 2 is 1.75 bits per heavy atom. The van der Waals surface area contributed by atoms with E-state index in [0.29, 0.717) is 12.8 Å². The molecular weight excluding hydrogens is 226 g/mol. The number of aliphatic hydroxyl groups excluding tert-OH is 1. The van der Waals surface area contributed by atoms with Gasteiger partial charge in [0.25, 0.3) is 0 Å². The molecule has 0 rings (SSSR count). The standard InChI is InChI=1S/C11H25NO3S/c1-9(8-10(2)13)12-16(14,15)7-6-11(3,4)5/h9-10,12-13H,6-8H2,1-5H3. The number of rotatable bonds is 6. The molecule has 0 bridgehead atoms. The second kappa shape index (κ2) is 5.98. The van der Waals surface area contributed by atoms with Crippen LogP contribution in [0.1, 0.15) is 47.5 Å². The highest BCUT2D eigenvalue weighted by Crippen LogP contribution is 2.19. The molecule has 0 radical (unpaired) electrons. The zero-order chi connectivity index (χ0) is 13.0. The molecule has 0 spiro atoms. The fourth-order valence-electron chi connectivity index (χ4n) is 1.37. The van der Waals surface area contributed by atoms with Crippen LogP contribution in [0.15, 0.2) is 0 Å². The molecule has 5 heteroatoms. The summed E-state index contributed by atoms with van der Waals surface area (Å²) in [5, 5.41) is 9.14. The van der Waals surface area contributed by atoms with Crippen LogP contribution in [0.2, 0.25) is 0 Å². The van der Waals surface area contributed by atoms with Crippen LogP contribution in [-0.2, 0) is 10.0 Å². The van der Waals surface area contributed by atoms with Gasteiger partial charge in [0, 0.05) is 6.04 Å². The molecule has 0 aliphatic carbocycles. The number of hydrogen-bond acceptors (Lipinski definition) is 3. The van der Waals surface area contributed by atoms with E-state index in [1.54, 1.807) is 13.8 Å². The van der Waals surface area contributed by atoms with Crippen molar-refractivity contribution in [3.8, 4) is 0 Å². The third-order valence-corrected chi connectivity index (χ3v) is 3.70. The van der Waals surface area contributed by atoms with Crippen LogP contribution < -0.4 is 4.72 Å². The molecular formula is C11H25NO3S. The summed E-state index contributed by atoms with van der Waals surface area (Å²) in [5.74, 6) is 0.140. The van der Waals surface area contributed by atoms with Gasteiger partial charge in [-0.2, -0.15) is 0 Å². The zero-order valence-electron chi connectivity index (χ0n) is 10.9. The third kappa shape index (κ3) is 9.12. The molecule has 4 nitrogen and oxygen atoms in total. The first-order valence-corrected chi connectivity index (χ1v) is 7.35. The molecule has 0 heterocycles. The minimum atomic E-state index is -3.22. The molecule has 0 amide bonds.